The van der Waals surface area contributed by atoms with Gasteiger partial charge in [0.1, 0.15) is 0 Å². The molecule has 0 aromatic carbocycles. The molecule has 2 aliphatic heterocycles. The van der Waals surface area contributed by atoms with E-state index in [-0.39, 0.29) is 11.6 Å². The smallest absolute Gasteiger partial charge is 0.238 e. The van der Waals surface area contributed by atoms with Gasteiger partial charge < -0.3 is 10.2 Å². The lowest BCUT2D eigenvalue weighted by Gasteiger charge is -2.41. The zero-order valence-corrected chi connectivity index (χ0v) is 10.2. The first-order valence-corrected chi connectivity index (χ1v) is 6.04. The number of nitrogens with one attached hydrogen (secondary N) is 2. The Morgan fingerprint density at radius 3 is 2.75 bits per heavy atom. The second-order valence-corrected chi connectivity index (χ2v) is 4.92. The molecule has 2 heterocycles. The summed E-state index contributed by atoms with van der Waals surface area (Å²) >= 11 is 0. The van der Waals surface area contributed by atoms with E-state index in [4.69, 9.17) is 0 Å². The zero-order valence-electron chi connectivity index (χ0n) is 10.2. The number of nitrogens with zero attached hydrogens (tertiary/aromatic N) is 1. The van der Waals surface area contributed by atoms with Crippen LogP contribution in [-0.4, -0.2) is 42.6 Å². The second-order valence-electron chi connectivity index (χ2n) is 4.92. The van der Waals surface area contributed by atoms with Crippen molar-refractivity contribution in [2.45, 2.75) is 32.4 Å². The van der Waals surface area contributed by atoms with Crippen molar-refractivity contribution in [1.82, 2.24) is 15.5 Å². The highest BCUT2D eigenvalue weighted by Gasteiger charge is 2.44. The van der Waals surface area contributed by atoms with Crippen molar-refractivity contribution < 1.29 is 4.79 Å². The van der Waals surface area contributed by atoms with E-state index in [9.17, 15) is 4.79 Å². The van der Waals surface area contributed by atoms with E-state index in [2.05, 4.69) is 30.6 Å². The predicted octanol–water partition coefficient (Wildman–Crippen LogP) is 0.464. The Hall–Kier alpha value is -0.870. The van der Waals surface area contributed by atoms with Gasteiger partial charge in [-0.2, -0.15) is 0 Å². The van der Waals surface area contributed by atoms with Gasteiger partial charge in [0, 0.05) is 6.54 Å². The van der Waals surface area contributed by atoms with Gasteiger partial charge in [-0.3, -0.25) is 10.1 Å². The van der Waals surface area contributed by atoms with Crippen molar-refractivity contribution in [3.05, 3.63) is 11.6 Å². The van der Waals surface area contributed by atoms with Gasteiger partial charge in [-0.25, -0.2) is 0 Å². The van der Waals surface area contributed by atoms with Crippen LogP contribution in [0.1, 0.15) is 26.7 Å². The molecule has 0 aromatic rings. The van der Waals surface area contributed by atoms with Crippen LogP contribution in [0.3, 0.4) is 0 Å². The van der Waals surface area contributed by atoms with Gasteiger partial charge in [0.25, 0.3) is 0 Å². The number of carbonyl (C=O) groups is 1. The molecule has 0 radical (unpaired) electrons. The molecule has 1 spiro atoms. The predicted molar refractivity (Wildman–Crippen MR) is 64.0 cm³/mol. The number of carbonyl (C=O) groups excluding carboxylic acids is 1. The summed E-state index contributed by atoms with van der Waals surface area (Å²) in [5, 5.41) is 6.75. The van der Waals surface area contributed by atoms with Gasteiger partial charge in [0.15, 0.2) is 0 Å². The molecule has 0 saturated carbocycles. The summed E-state index contributed by atoms with van der Waals surface area (Å²) in [4.78, 5) is 13.9. The molecule has 2 saturated heterocycles. The van der Waals surface area contributed by atoms with Gasteiger partial charge in [-0.05, 0) is 39.8 Å². The van der Waals surface area contributed by atoms with Gasteiger partial charge in [-0.1, -0.05) is 11.6 Å². The third-order valence-corrected chi connectivity index (χ3v) is 3.50. The Morgan fingerprint density at radius 2 is 2.12 bits per heavy atom. The maximum absolute atomic E-state index is 11.9. The summed E-state index contributed by atoms with van der Waals surface area (Å²) in [7, 11) is 0. The van der Waals surface area contributed by atoms with Crippen LogP contribution in [0.4, 0.5) is 0 Å². The van der Waals surface area contributed by atoms with E-state index in [1.54, 1.807) is 0 Å². The van der Waals surface area contributed by atoms with Crippen molar-refractivity contribution in [3.63, 3.8) is 0 Å². The summed E-state index contributed by atoms with van der Waals surface area (Å²) < 4.78 is 0. The molecule has 1 amide bonds. The lowest BCUT2D eigenvalue weighted by molar-refractivity contribution is -0.130. The molecule has 0 atom stereocenters. The minimum Gasteiger partial charge on any atom is -0.319 e. The topological polar surface area (TPSA) is 44.4 Å². The monoisotopic (exact) mass is 223 g/mol. The number of hydrogen-bond acceptors (Lipinski definition) is 3. The molecule has 2 aliphatic rings. The fourth-order valence-corrected chi connectivity index (χ4v) is 2.51. The number of rotatable bonds is 2. The molecule has 0 aromatic heterocycles. The Morgan fingerprint density at radius 1 is 1.44 bits per heavy atom. The average Bonchev–Trinajstić information content (AvgIpc) is 2.55. The highest BCUT2D eigenvalue weighted by molar-refractivity contribution is 5.81. The van der Waals surface area contributed by atoms with Crippen LogP contribution in [0.2, 0.25) is 0 Å². The molecule has 4 nitrogen and oxygen atoms in total. The standard InChI is InChI=1S/C12H21N3O/c1-10(2)3-8-15-11(16)9-14-12(15)4-6-13-7-5-12/h3,13-14H,4-9H2,1-2H3. The van der Waals surface area contributed by atoms with Crippen molar-refractivity contribution in [2.24, 2.45) is 0 Å². The SMILES string of the molecule is CC(C)=CCN1C(=O)CNC12CCNCC2. The molecule has 16 heavy (non-hydrogen) atoms. The van der Waals surface area contributed by atoms with E-state index in [0.717, 1.165) is 32.5 Å². The first-order chi connectivity index (χ1) is 7.64. The molecule has 2 fully saturated rings. The summed E-state index contributed by atoms with van der Waals surface area (Å²) in [5.74, 6) is 0.236. The van der Waals surface area contributed by atoms with E-state index in [1.165, 1.54) is 5.57 Å². The second kappa shape index (κ2) is 4.55. The van der Waals surface area contributed by atoms with Crippen molar-refractivity contribution in [3.8, 4) is 0 Å². The maximum Gasteiger partial charge on any atom is 0.238 e. The number of hydrogen-bond donors (Lipinski definition) is 2. The van der Waals surface area contributed by atoms with Crippen LogP contribution >= 0.6 is 0 Å². The largest absolute Gasteiger partial charge is 0.319 e. The van der Waals surface area contributed by atoms with Crippen LogP contribution in [0.5, 0.6) is 0 Å². The Balaban J connectivity index is 2.11. The van der Waals surface area contributed by atoms with E-state index in [0.29, 0.717) is 6.54 Å². The normalized spacial score (nSPS) is 23.9. The summed E-state index contributed by atoms with van der Waals surface area (Å²) in [5.41, 5.74) is 1.19. The Labute approximate surface area is 97.1 Å². The molecule has 0 aliphatic carbocycles. The van der Waals surface area contributed by atoms with Crippen LogP contribution in [0, 0.1) is 0 Å². The van der Waals surface area contributed by atoms with Crippen molar-refractivity contribution in [2.75, 3.05) is 26.2 Å². The van der Waals surface area contributed by atoms with Gasteiger partial charge in [0.2, 0.25) is 5.91 Å². The van der Waals surface area contributed by atoms with Crippen LogP contribution < -0.4 is 10.6 Å². The fraction of sp³-hybridized carbons (Fsp3) is 0.750. The molecule has 90 valence electrons. The highest BCUT2D eigenvalue weighted by Crippen LogP contribution is 2.27. The minimum atomic E-state index is -0.0751. The highest BCUT2D eigenvalue weighted by atomic mass is 16.2. The third kappa shape index (κ3) is 2.13. The molecular weight excluding hydrogens is 202 g/mol. The molecule has 4 heteroatoms. The lowest BCUT2D eigenvalue weighted by Crippen LogP contribution is -2.57. The fourth-order valence-electron chi connectivity index (χ4n) is 2.51. The van der Waals surface area contributed by atoms with Crippen molar-refractivity contribution >= 4 is 5.91 Å². The van der Waals surface area contributed by atoms with E-state index >= 15 is 0 Å². The van der Waals surface area contributed by atoms with Crippen molar-refractivity contribution in [1.29, 1.82) is 0 Å². The maximum atomic E-state index is 11.9. The van der Waals surface area contributed by atoms with Crippen LogP contribution in [0.25, 0.3) is 0 Å². The first-order valence-electron chi connectivity index (χ1n) is 6.04. The zero-order chi connectivity index (χ0) is 11.6. The minimum absolute atomic E-state index is 0.0751. The summed E-state index contributed by atoms with van der Waals surface area (Å²) in [6.45, 7) is 7.37. The summed E-state index contributed by atoms with van der Waals surface area (Å²) in [6, 6.07) is 0. The van der Waals surface area contributed by atoms with Crippen LogP contribution in [0.15, 0.2) is 11.6 Å². The average molecular weight is 223 g/mol. The number of allylic oxidation sites excluding steroid dienone is 1. The first kappa shape index (κ1) is 11.6. The number of amides is 1. The molecule has 2 rings (SSSR count). The quantitative estimate of drug-likeness (QED) is 0.669. The molecule has 2 N–H and O–H groups in total. The van der Waals surface area contributed by atoms with Crippen LogP contribution in [-0.2, 0) is 4.79 Å². The van der Waals surface area contributed by atoms with Gasteiger partial charge in [-0.15, -0.1) is 0 Å². The lowest BCUT2D eigenvalue weighted by atomic mass is 9.97. The molecule has 0 bridgehead atoms. The van der Waals surface area contributed by atoms with Gasteiger partial charge in [0.05, 0.1) is 12.2 Å². The number of piperidine rings is 1. The Kier molecular flexibility index (Phi) is 3.30. The molecule has 0 unspecified atom stereocenters. The Bertz CT molecular complexity index is 301. The van der Waals surface area contributed by atoms with E-state index < -0.39 is 0 Å². The van der Waals surface area contributed by atoms with Gasteiger partial charge >= 0.3 is 0 Å². The summed E-state index contributed by atoms with van der Waals surface area (Å²) in [6.07, 6.45) is 4.15. The molecular formula is C12H21N3O. The van der Waals surface area contributed by atoms with E-state index in [1.807, 2.05) is 4.90 Å². The third-order valence-electron chi connectivity index (χ3n) is 3.50.